The molecule has 4 heteroatoms. The van der Waals surface area contributed by atoms with Crippen molar-refractivity contribution in [2.75, 3.05) is 6.54 Å². The van der Waals surface area contributed by atoms with Crippen LogP contribution in [0.4, 0.5) is 0 Å². The Morgan fingerprint density at radius 1 is 0.889 bits per heavy atom. The first-order chi connectivity index (χ1) is 8.70. The first kappa shape index (κ1) is 13.4. The number of carboxylic acid groups (broad SMARTS) is 1. The Balaban J connectivity index is 2.02. The molecule has 2 rings (SSSR count). The quantitative estimate of drug-likeness (QED) is 0.769. The first-order valence-electron chi connectivity index (χ1n) is 7.23. The second kappa shape index (κ2) is 6.21. The van der Waals surface area contributed by atoms with Gasteiger partial charge < -0.3 is 10.0 Å². The van der Waals surface area contributed by atoms with Crippen LogP contribution in [0.5, 0.6) is 0 Å². The third-order valence-electron chi connectivity index (χ3n) is 4.28. The fourth-order valence-corrected chi connectivity index (χ4v) is 3.21. The molecule has 0 aromatic heterocycles. The average molecular weight is 253 g/mol. The molecule has 18 heavy (non-hydrogen) atoms. The zero-order valence-corrected chi connectivity index (χ0v) is 10.9. The molecular formula is C14H23NO3. The lowest BCUT2D eigenvalue weighted by Gasteiger charge is -2.35. The minimum absolute atomic E-state index is 0.0763. The monoisotopic (exact) mass is 253 g/mol. The second-order valence-corrected chi connectivity index (χ2v) is 5.57. The Bertz CT molecular complexity index is 308. The normalized spacial score (nSPS) is 26.7. The van der Waals surface area contributed by atoms with Gasteiger partial charge in [0.1, 0.15) is 6.04 Å². The molecule has 4 nitrogen and oxygen atoms in total. The highest BCUT2D eigenvalue weighted by Crippen LogP contribution is 2.27. The van der Waals surface area contributed by atoms with Crippen molar-refractivity contribution >= 4 is 11.9 Å². The molecule has 0 bridgehead atoms. The predicted molar refractivity (Wildman–Crippen MR) is 68.2 cm³/mol. The number of hydrogen-bond donors (Lipinski definition) is 1. The third kappa shape index (κ3) is 3.03. The zero-order chi connectivity index (χ0) is 13.0. The highest BCUT2D eigenvalue weighted by molar-refractivity contribution is 5.85. The Morgan fingerprint density at radius 2 is 1.50 bits per heavy atom. The number of aliphatic carboxylic acids is 1. The van der Waals surface area contributed by atoms with Gasteiger partial charge in [0, 0.05) is 12.5 Å². The van der Waals surface area contributed by atoms with Crippen molar-refractivity contribution in [1.82, 2.24) is 4.90 Å². The van der Waals surface area contributed by atoms with Crippen molar-refractivity contribution in [3.63, 3.8) is 0 Å². The highest BCUT2D eigenvalue weighted by atomic mass is 16.4. The van der Waals surface area contributed by atoms with E-state index in [1.807, 2.05) is 0 Å². The molecule has 1 atom stereocenters. The van der Waals surface area contributed by atoms with Crippen LogP contribution < -0.4 is 0 Å². The molecule has 0 spiro atoms. The SMILES string of the molecule is O=C(O)[C@@H]1CCCCN1C(=O)C1CCCCCC1. The summed E-state index contributed by atoms with van der Waals surface area (Å²) in [5, 5.41) is 9.22. The van der Waals surface area contributed by atoms with Gasteiger partial charge in [0.25, 0.3) is 0 Å². The molecule has 1 saturated heterocycles. The van der Waals surface area contributed by atoms with E-state index in [2.05, 4.69) is 0 Å². The van der Waals surface area contributed by atoms with Gasteiger partial charge in [-0.05, 0) is 32.1 Å². The van der Waals surface area contributed by atoms with Gasteiger partial charge in [0.05, 0.1) is 0 Å². The lowest BCUT2D eigenvalue weighted by Crippen LogP contribution is -2.50. The summed E-state index contributed by atoms with van der Waals surface area (Å²) in [6.45, 7) is 0.631. The smallest absolute Gasteiger partial charge is 0.326 e. The second-order valence-electron chi connectivity index (χ2n) is 5.57. The maximum absolute atomic E-state index is 12.5. The highest BCUT2D eigenvalue weighted by Gasteiger charge is 2.35. The van der Waals surface area contributed by atoms with E-state index in [1.54, 1.807) is 4.90 Å². The van der Waals surface area contributed by atoms with E-state index in [0.29, 0.717) is 13.0 Å². The van der Waals surface area contributed by atoms with Gasteiger partial charge >= 0.3 is 5.97 Å². The molecule has 1 aliphatic carbocycles. The van der Waals surface area contributed by atoms with Crippen LogP contribution >= 0.6 is 0 Å². The summed E-state index contributed by atoms with van der Waals surface area (Å²) in [6, 6.07) is -0.575. The van der Waals surface area contributed by atoms with Crippen LogP contribution in [0.1, 0.15) is 57.8 Å². The van der Waals surface area contributed by atoms with Gasteiger partial charge in [-0.2, -0.15) is 0 Å². The molecule has 1 heterocycles. The Labute approximate surface area is 108 Å². The van der Waals surface area contributed by atoms with Crippen LogP contribution in [0.15, 0.2) is 0 Å². The van der Waals surface area contributed by atoms with E-state index < -0.39 is 12.0 Å². The average Bonchev–Trinajstić information content (AvgIpc) is 2.66. The maximum atomic E-state index is 12.5. The molecule has 1 aliphatic heterocycles. The molecule has 1 N–H and O–H groups in total. The molecular weight excluding hydrogens is 230 g/mol. The fraction of sp³-hybridized carbons (Fsp3) is 0.857. The van der Waals surface area contributed by atoms with E-state index in [4.69, 9.17) is 0 Å². The number of carbonyl (C=O) groups is 2. The van der Waals surface area contributed by atoms with Gasteiger partial charge in [0.15, 0.2) is 0 Å². The van der Waals surface area contributed by atoms with Crippen molar-refractivity contribution < 1.29 is 14.7 Å². The van der Waals surface area contributed by atoms with E-state index >= 15 is 0 Å². The lowest BCUT2D eigenvalue weighted by molar-refractivity contribution is -0.154. The topological polar surface area (TPSA) is 57.6 Å². The Kier molecular flexibility index (Phi) is 4.61. The molecule has 0 unspecified atom stereocenters. The standard InChI is InChI=1S/C14H23NO3/c16-13(11-7-3-1-2-4-8-11)15-10-6-5-9-12(15)14(17)18/h11-12H,1-10H2,(H,17,18)/t12-/m0/s1. The summed E-state index contributed by atoms with van der Waals surface area (Å²) < 4.78 is 0. The van der Waals surface area contributed by atoms with Crippen LogP contribution in [0.2, 0.25) is 0 Å². The summed E-state index contributed by atoms with van der Waals surface area (Å²) in [7, 11) is 0. The first-order valence-corrected chi connectivity index (χ1v) is 7.23. The summed E-state index contributed by atoms with van der Waals surface area (Å²) in [4.78, 5) is 25.4. The zero-order valence-electron chi connectivity index (χ0n) is 10.9. The van der Waals surface area contributed by atoms with Crippen LogP contribution in [0.25, 0.3) is 0 Å². The van der Waals surface area contributed by atoms with Crippen molar-refractivity contribution in [1.29, 1.82) is 0 Å². The number of nitrogens with zero attached hydrogens (tertiary/aromatic N) is 1. The van der Waals surface area contributed by atoms with Crippen LogP contribution in [-0.4, -0.2) is 34.5 Å². The number of rotatable bonds is 2. The third-order valence-corrected chi connectivity index (χ3v) is 4.28. The van der Waals surface area contributed by atoms with Crippen molar-refractivity contribution in [2.24, 2.45) is 5.92 Å². The Morgan fingerprint density at radius 3 is 2.11 bits per heavy atom. The number of amides is 1. The maximum Gasteiger partial charge on any atom is 0.326 e. The van der Waals surface area contributed by atoms with E-state index in [-0.39, 0.29) is 11.8 Å². The molecule has 1 amide bonds. The van der Waals surface area contributed by atoms with Gasteiger partial charge in [-0.3, -0.25) is 4.79 Å². The largest absolute Gasteiger partial charge is 0.480 e. The summed E-state index contributed by atoms with van der Waals surface area (Å²) in [5.74, 6) is -0.659. The predicted octanol–water partition coefficient (Wildman–Crippen LogP) is 2.42. The Hall–Kier alpha value is -1.06. The van der Waals surface area contributed by atoms with Gasteiger partial charge in [-0.25, -0.2) is 4.79 Å². The van der Waals surface area contributed by atoms with Crippen LogP contribution in [0, 0.1) is 5.92 Å². The number of likely N-dealkylation sites (tertiary alicyclic amines) is 1. The molecule has 102 valence electrons. The van der Waals surface area contributed by atoms with Crippen LogP contribution in [0.3, 0.4) is 0 Å². The van der Waals surface area contributed by atoms with E-state index in [1.165, 1.54) is 12.8 Å². The summed E-state index contributed by atoms with van der Waals surface area (Å²) >= 11 is 0. The van der Waals surface area contributed by atoms with Crippen molar-refractivity contribution in [2.45, 2.75) is 63.8 Å². The van der Waals surface area contributed by atoms with Crippen LogP contribution in [-0.2, 0) is 9.59 Å². The molecule has 0 aromatic rings. The molecule has 1 saturated carbocycles. The van der Waals surface area contributed by atoms with Gasteiger partial charge in [-0.15, -0.1) is 0 Å². The molecule has 2 aliphatic rings. The molecule has 2 fully saturated rings. The lowest BCUT2D eigenvalue weighted by atomic mass is 9.95. The van der Waals surface area contributed by atoms with E-state index in [9.17, 15) is 14.7 Å². The number of carboxylic acids is 1. The minimum Gasteiger partial charge on any atom is -0.480 e. The minimum atomic E-state index is -0.836. The molecule has 0 aromatic carbocycles. The fourth-order valence-electron chi connectivity index (χ4n) is 3.21. The number of carbonyl (C=O) groups excluding carboxylic acids is 1. The summed E-state index contributed by atoms with van der Waals surface area (Å²) in [5.41, 5.74) is 0. The van der Waals surface area contributed by atoms with Gasteiger partial charge in [0.2, 0.25) is 5.91 Å². The summed E-state index contributed by atoms with van der Waals surface area (Å²) in [6.07, 6.45) is 9.03. The molecule has 0 radical (unpaired) electrons. The number of hydrogen-bond acceptors (Lipinski definition) is 2. The number of piperidine rings is 1. The van der Waals surface area contributed by atoms with Crippen molar-refractivity contribution in [3.8, 4) is 0 Å². The van der Waals surface area contributed by atoms with Gasteiger partial charge in [-0.1, -0.05) is 25.7 Å². The van der Waals surface area contributed by atoms with E-state index in [0.717, 1.165) is 38.5 Å². The van der Waals surface area contributed by atoms with Crippen molar-refractivity contribution in [3.05, 3.63) is 0 Å².